The van der Waals surface area contributed by atoms with Gasteiger partial charge in [0.1, 0.15) is 5.78 Å². The molecule has 25 heavy (non-hydrogen) atoms. The normalized spacial score (nSPS) is 13.1. The molecule has 0 aliphatic rings. The van der Waals surface area contributed by atoms with E-state index in [1.807, 2.05) is 20.8 Å². The van der Waals surface area contributed by atoms with E-state index in [4.69, 9.17) is 0 Å². The first-order chi connectivity index (χ1) is 12.0. The van der Waals surface area contributed by atoms with Gasteiger partial charge >= 0.3 is 0 Å². The van der Waals surface area contributed by atoms with Gasteiger partial charge in [-0.25, -0.2) is 0 Å². The maximum absolute atomic E-state index is 11.8. The number of hydrogen-bond acceptors (Lipinski definition) is 1. The average Bonchev–Trinajstić information content (AvgIpc) is 2.56. The lowest BCUT2D eigenvalue weighted by molar-refractivity contribution is -0.126. The highest BCUT2D eigenvalue weighted by molar-refractivity contribution is 5.83. The van der Waals surface area contributed by atoms with Crippen LogP contribution in [0.5, 0.6) is 0 Å². The molecule has 0 heterocycles. The quantitative estimate of drug-likeness (QED) is 0.232. The van der Waals surface area contributed by atoms with Gasteiger partial charge in [0.15, 0.2) is 0 Å². The van der Waals surface area contributed by atoms with E-state index >= 15 is 0 Å². The van der Waals surface area contributed by atoms with Crippen molar-refractivity contribution in [3.63, 3.8) is 0 Å². The number of Topliss-reactive ketones (excluding diaryl/α,β-unsaturated/α-hetero) is 1. The number of carbonyl (C=O) groups excluding carboxylic acids is 1. The summed E-state index contributed by atoms with van der Waals surface area (Å²) < 4.78 is 0. The topological polar surface area (TPSA) is 17.1 Å². The minimum Gasteiger partial charge on any atom is -0.299 e. The Labute approximate surface area is 157 Å². The minimum absolute atomic E-state index is 0.169. The maximum Gasteiger partial charge on any atom is 0.138 e. The first-order valence-corrected chi connectivity index (χ1v) is 10.1. The fourth-order valence-corrected chi connectivity index (χ4v) is 2.37. The van der Waals surface area contributed by atoms with Crippen LogP contribution in [0.4, 0.5) is 0 Å². The second-order valence-electron chi connectivity index (χ2n) is 7.63. The maximum atomic E-state index is 11.8. The summed E-state index contributed by atoms with van der Waals surface area (Å²) in [5, 5.41) is 0. The molecule has 0 fully saturated rings. The van der Waals surface area contributed by atoms with Crippen LogP contribution in [0, 0.1) is 5.41 Å². The van der Waals surface area contributed by atoms with Gasteiger partial charge in [-0.2, -0.15) is 0 Å². The molecule has 0 radical (unpaired) electrons. The van der Waals surface area contributed by atoms with Gasteiger partial charge in [0.2, 0.25) is 0 Å². The number of carbonyl (C=O) groups is 1. The van der Waals surface area contributed by atoms with Crippen LogP contribution in [0.3, 0.4) is 0 Å². The fourth-order valence-electron chi connectivity index (χ4n) is 2.37. The molecule has 0 aromatic carbocycles. The Hall–Kier alpha value is -1.37. The lowest BCUT2D eigenvalue weighted by atomic mass is 9.88. The molecule has 0 unspecified atom stereocenters. The molecule has 0 bridgehead atoms. The Bertz CT molecular complexity index is 430. The zero-order chi connectivity index (χ0) is 18.8. The molecule has 0 N–H and O–H groups in total. The Morgan fingerprint density at radius 2 is 1.16 bits per heavy atom. The molecule has 0 aromatic heterocycles. The van der Waals surface area contributed by atoms with Crippen LogP contribution in [0.1, 0.15) is 91.9 Å². The molecule has 0 aliphatic heterocycles. The van der Waals surface area contributed by atoms with Crippen LogP contribution in [0.25, 0.3) is 0 Å². The van der Waals surface area contributed by atoms with Crippen molar-refractivity contribution in [1.82, 2.24) is 0 Å². The van der Waals surface area contributed by atoms with Crippen molar-refractivity contribution in [3.05, 3.63) is 48.6 Å². The number of ketones is 1. The molecule has 142 valence electrons. The van der Waals surface area contributed by atoms with Crippen LogP contribution in [0.2, 0.25) is 0 Å². The van der Waals surface area contributed by atoms with Gasteiger partial charge in [-0.05, 0) is 44.9 Å². The highest BCUT2D eigenvalue weighted by Gasteiger charge is 2.19. The summed E-state index contributed by atoms with van der Waals surface area (Å²) in [5.41, 5.74) is -0.169. The molecule has 0 amide bonds. The van der Waals surface area contributed by atoms with Crippen molar-refractivity contribution in [2.24, 2.45) is 5.41 Å². The standard InChI is InChI=1S/C24H40O/c1-5-6-7-8-9-10-11-12-13-14-15-16-17-18-19-20-21-22-23(25)24(2,3)4/h6-7,9-10,12-13,15-16H,5,8,11,14,17-22H2,1-4H3/b7-6-,10-9-,13-12-,16-15-. The van der Waals surface area contributed by atoms with Gasteiger partial charge in [0.05, 0.1) is 0 Å². The monoisotopic (exact) mass is 344 g/mol. The van der Waals surface area contributed by atoms with E-state index in [2.05, 4.69) is 55.5 Å². The van der Waals surface area contributed by atoms with E-state index in [1.165, 1.54) is 19.3 Å². The van der Waals surface area contributed by atoms with Crippen molar-refractivity contribution in [1.29, 1.82) is 0 Å². The summed E-state index contributed by atoms with van der Waals surface area (Å²) in [7, 11) is 0. The van der Waals surface area contributed by atoms with Gasteiger partial charge in [0.25, 0.3) is 0 Å². The van der Waals surface area contributed by atoms with Gasteiger partial charge in [0, 0.05) is 11.8 Å². The van der Waals surface area contributed by atoms with E-state index in [0.29, 0.717) is 5.78 Å². The smallest absolute Gasteiger partial charge is 0.138 e. The van der Waals surface area contributed by atoms with E-state index in [1.54, 1.807) is 0 Å². The van der Waals surface area contributed by atoms with E-state index in [-0.39, 0.29) is 5.41 Å². The summed E-state index contributed by atoms with van der Waals surface area (Å²) in [6.07, 6.45) is 28.7. The van der Waals surface area contributed by atoms with Crippen LogP contribution in [-0.2, 0) is 4.79 Å². The minimum atomic E-state index is -0.169. The van der Waals surface area contributed by atoms with E-state index in [0.717, 1.165) is 44.9 Å². The molecular formula is C24H40O. The molecule has 0 atom stereocenters. The highest BCUT2D eigenvalue weighted by Crippen LogP contribution is 2.19. The molecule has 0 aliphatic carbocycles. The molecule has 0 saturated heterocycles. The van der Waals surface area contributed by atoms with Crippen molar-refractivity contribution in [2.45, 2.75) is 91.9 Å². The summed E-state index contributed by atoms with van der Waals surface area (Å²) >= 11 is 0. The van der Waals surface area contributed by atoms with Gasteiger partial charge in [-0.15, -0.1) is 0 Å². The molecule has 0 saturated carbocycles. The third-order valence-electron chi connectivity index (χ3n) is 4.08. The largest absolute Gasteiger partial charge is 0.299 e. The van der Waals surface area contributed by atoms with E-state index in [9.17, 15) is 4.79 Å². The lowest BCUT2D eigenvalue weighted by Crippen LogP contribution is -2.19. The molecule has 0 rings (SSSR count). The first-order valence-electron chi connectivity index (χ1n) is 10.1. The zero-order valence-electron chi connectivity index (χ0n) is 17.1. The molecule has 0 aromatic rings. The first kappa shape index (κ1) is 23.6. The number of unbranched alkanes of at least 4 members (excludes halogenated alkanes) is 4. The predicted molar refractivity (Wildman–Crippen MR) is 113 cm³/mol. The summed E-state index contributed by atoms with van der Waals surface area (Å²) in [6, 6.07) is 0. The van der Waals surface area contributed by atoms with Crippen LogP contribution in [-0.4, -0.2) is 5.78 Å². The molecule has 1 nitrogen and oxygen atoms in total. The van der Waals surface area contributed by atoms with Crippen LogP contribution >= 0.6 is 0 Å². The summed E-state index contributed by atoms with van der Waals surface area (Å²) in [5.74, 6) is 0.395. The third-order valence-corrected chi connectivity index (χ3v) is 4.08. The van der Waals surface area contributed by atoms with Crippen molar-refractivity contribution in [3.8, 4) is 0 Å². The second kappa shape index (κ2) is 16.1. The van der Waals surface area contributed by atoms with Gasteiger partial charge in [-0.1, -0.05) is 89.1 Å². The van der Waals surface area contributed by atoms with Crippen molar-refractivity contribution in [2.75, 3.05) is 0 Å². The third kappa shape index (κ3) is 17.2. The molecule has 1 heteroatoms. The Morgan fingerprint density at radius 1 is 0.680 bits per heavy atom. The van der Waals surface area contributed by atoms with Gasteiger partial charge < -0.3 is 0 Å². The number of allylic oxidation sites excluding steroid dienone is 8. The summed E-state index contributed by atoms with van der Waals surface area (Å²) in [4.78, 5) is 11.8. The van der Waals surface area contributed by atoms with Crippen LogP contribution < -0.4 is 0 Å². The Balaban J connectivity index is 3.45. The number of hydrogen-bond donors (Lipinski definition) is 0. The molecular weight excluding hydrogens is 304 g/mol. The average molecular weight is 345 g/mol. The highest BCUT2D eigenvalue weighted by atomic mass is 16.1. The summed E-state index contributed by atoms with van der Waals surface area (Å²) in [6.45, 7) is 8.19. The van der Waals surface area contributed by atoms with Crippen molar-refractivity contribution >= 4 is 5.78 Å². The Kier molecular flexibility index (Phi) is 15.2. The van der Waals surface area contributed by atoms with E-state index < -0.39 is 0 Å². The van der Waals surface area contributed by atoms with Gasteiger partial charge in [-0.3, -0.25) is 4.79 Å². The molecule has 0 spiro atoms. The van der Waals surface area contributed by atoms with Crippen molar-refractivity contribution < 1.29 is 4.79 Å². The lowest BCUT2D eigenvalue weighted by Gasteiger charge is -2.15. The second-order valence-corrected chi connectivity index (χ2v) is 7.63. The fraction of sp³-hybridized carbons (Fsp3) is 0.625. The van der Waals surface area contributed by atoms with Crippen LogP contribution in [0.15, 0.2) is 48.6 Å². The number of rotatable bonds is 14. The SMILES string of the molecule is CC/C=C\C/C=C\C/C=C\C/C=C\CCCCCCC(=O)C(C)(C)C. The predicted octanol–water partition coefficient (Wildman–Crippen LogP) is 7.75. The zero-order valence-corrected chi connectivity index (χ0v) is 17.1. The Morgan fingerprint density at radius 3 is 1.68 bits per heavy atom.